The molecule has 0 aromatic heterocycles. The molecule has 3 nitrogen and oxygen atoms in total. The maximum absolute atomic E-state index is 13.9. The van der Waals surface area contributed by atoms with Crippen LogP contribution < -0.4 is 5.32 Å². The lowest BCUT2D eigenvalue weighted by molar-refractivity contribution is 0.107. The monoisotopic (exact) mass is 298 g/mol. The molecule has 21 heavy (non-hydrogen) atoms. The number of hydrogen-bond donors (Lipinski definition) is 1. The fourth-order valence-electron chi connectivity index (χ4n) is 2.91. The average molecular weight is 298 g/mol. The van der Waals surface area contributed by atoms with Gasteiger partial charge in [0.2, 0.25) is 0 Å². The molecule has 2 atom stereocenters. The molecule has 0 aliphatic carbocycles. The van der Waals surface area contributed by atoms with E-state index in [1.807, 2.05) is 6.92 Å². The quantitative estimate of drug-likeness (QED) is 0.837. The van der Waals surface area contributed by atoms with Gasteiger partial charge in [0.1, 0.15) is 0 Å². The van der Waals surface area contributed by atoms with E-state index in [1.54, 1.807) is 19.2 Å². The second kappa shape index (κ2) is 7.82. The number of benzene rings is 1. The largest absolute Gasteiger partial charge is 0.380 e. The summed E-state index contributed by atoms with van der Waals surface area (Å²) in [7, 11) is 1.73. The minimum atomic E-state index is -0.781. The molecular weight excluding hydrogens is 274 g/mol. The van der Waals surface area contributed by atoms with Gasteiger partial charge < -0.3 is 15.0 Å². The Morgan fingerprint density at radius 1 is 1.43 bits per heavy atom. The molecule has 0 saturated carbocycles. The molecule has 1 aliphatic rings. The van der Waals surface area contributed by atoms with E-state index in [2.05, 4.69) is 10.2 Å². The van der Waals surface area contributed by atoms with E-state index >= 15 is 0 Å². The number of hydrogen-bond acceptors (Lipinski definition) is 3. The van der Waals surface area contributed by atoms with Crippen molar-refractivity contribution in [2.24, 2.45) is 0 Å². The summed E-state index contributed by atoms with van der Waals surface area (Å²) >= 11 is 0. The maximum atomic E-state index is 13.9. The highest BCUT2D eigenvalue weighted by Crippen LogP contribution is 2.23. The molecule has 2 unspecified atom stereocenters. The van der Waals surface area contributed by atoms with Gasteiger partial charge in [-0.2, -0.15) is 0 Å². The number of rotatable bonds is 7. The lowest BCUT2D eigenvalue weighted by Crippen LogP contribution is -2.29. The van der Waals surface area contributed by atoms with E-state index in [0.29, 0.717) is 11.7 Å². The zero-order chi connectivity index (χ0) is 15.2. The van der Waals surface area contributed by atoms with Gasteiger partial charge in [-0.15, -0.1) is 0 Å². The van der Waals surface area contributed by atoms with Crippen molar-refractivity contribution in [3.63, 3.8) is 0 Å². The predicted octanol–water partition coefficient (Wildman–Crippen LogP) is 2.73. The number of methoxy groups -OCH3 is 1. The highest BCUT2D eigenvalue weighted by atomic mass is 19.2. The number of likely N-dealkylation sites (tertiary alicyclic amines) is 1. The number of nitrogens with one attached hydrogen (secondary N) is 1. The molecule has 1 heterocycles. The van der Waals surface area contributed by atoms with E-state index in [1.165, 1.54) is 0 Å². The van der Waals surface area contributed by atoms with Gasteiger partial charge in [0.15, 0.2) is 11.6 Å². The minimum absolute atomic E-state index is 0.160. The van der Waals surface area contributed by atoms with Crippen LogP contribution in [0, 0.1) is 11.6 Å². The van der Waals surface area contributed by atoms with E-state index in [9.17, 15) is 8.78 Å². The van der Waals surface area contributed by atoms with Crippen molar-refractivity contribution in [2.75, 3.05) is 33.3 Å². The van der Waals surface area contributed by atoms with Crippen LogP contribution in [0.2, 0.25) is 0 Å². The molecule has 0 amide bonds. The first-order chi connectivity index (χ1) is 10.2. The third-order valence-corrected chi connectivity index (χ3v) is 4.10. The third-order valence-electron chi connectivity index (χ3n) is 4.10. The molecule has 1 fully saturated rings. The zero-order valence-electron chi connectivity index (χ0n) is 12.7. The van der Waals surface area contributed by atoms with Gasteiger partial charge in [0, 0.05) is 38.3 Å². The molecule has 5 heteroatoms. The van der Waals surface area contributed by atoms with Crippen LogP contribution in [-0.4, -0.2) is 44.3 Å². The summed E-state index contributed by atoms with van der Waals surface area (Å²) in [4.78, 5) is 2.32. The van der Waals surface area contributed by atoms with Crippen LogP contribution in [0.15, 0.2) is 18.2 Å². The normalized spacial score (nSPS) is 20.9. The van der Waals surface area contributed by atoms with E-state index in [0.717, 1.165) is 45.1 Å². The zero-order valence-corrected chi connectivity index (χ0v) is 12.7. The smallest absolute Gasteiger partial charge is 0.163 e. The van der Waals surface area contributed by atoms with Gasteiger partial charge in [0.25, 0.3) is 0 Å². The first kappa shape index (κ1) is 16.3. The lowest BCUT2D eigenvalue weighted by atomic mass is 10.0. The van der Waals surface area contributed by atoms with Crippen LogP contribution in [0.1, 0.15) is 31.4 Å². The molecule has 1 aromatic rings. The topological polar surface area (TPSA) is 24.5 Å². The summed E-state index contributed by atoms with van der Waals surface area (Å²) in [6.45, 7) is 5.47. The molecule has 0 bridgehead atoms. The van der Waals surface area contributed by atoms with E-state index in [4.69, 9.17) is 4.74 Å². The van der Waals surface area contributed by atoms with E-state index < -0.39 is 11.6 Å². The van der Waals surface area contributed by atoms with Crippen molar-refractivity contribution in [2.45, 2.75) is 31.9 Å². The fourth-order valence-corrected chi connectivity index (χ4v) is 2.91. The molecule has 118 valence electrons. The summed E-state index contributed by atoms with van der Waals surface area (Å²) in [6, 6.07) is 4.22. The molecule has 1 aliphatic heterocycles. The van der Waals surface area contributed by atoms with Crippen molar-refractivity contribution in [3.05, 3.63) is 35.4 Å². The highest BCUT2D eigenvalue weighted by Gasteiger charge is 2.24. The number of halogens is 2. The summed E-state index contributed by atoms with van der Waals surface area (Å²) in [5, 5.41) is 3.25. The van der Waals surface area contributed by atoms with Crippen LogP contribution in [0.5, 0.6) is 0 Å². The first-order valence-electron chi connectivity index (χ1n) is 7.58. The Morgan fingerprint density at radius 3 is 2.90 bits per heavy atom. The predicted molar refractivity (Wildman–Crippen MR) is 79.2 cm³/mol. The molecule has 2 rings (SSSR count). The van der Waals surface area contributed by atoms with Crippen molar-refractivity contribution in [1.29, 1.82) is 0 Å². The molecule has 0 spiro atoms. The average Bonchev–Trinajstić information content (AvgIpc) is 2.95. The maximum Gasteiger partial charge on any atom is 0.163 e. The van der Waals surface area contributed by atoms with Gasteiger partial charge >= 0.3 is 0 Å². The molecular formula is C16H24F2N2O. The van der Waals surface area contributed by atoms with Gasteiger partial charge in [-0.3, -0.25) is 0 Å². The Balaban J connectivity index is 1.98. The SMILES string of the molecule is CCNC(CCN1CCC(OC)C1)c1cccc(F)c1F. The summed E-state index contributed by atoms with van der Waals surface area (Å²) in [5.41, 5.74) is 0.416. The molecule has 1 aromatic carbocycles. The Kier molecular flexibility index (Phi) is 6.08. The Bertz CT molecular complexity index is 456. The third kappa shape index (κ3) is 4.22. The van der Waals surface area contributed by atoms with Crippen molar-refractivity contribution in [3.8, 4) is 0 Å². The van der Waals surface area contributed by atoms with Gasteiger partial charge in [-0.05, 0) is 25.5 Å². The van der Waals surface area contributed by atoms with Crippen molar-refractivity contribution < 1.29 is 13.5 Å². The van der Waals surface area contributed by atoms with Gasteiger partial charge in [0.05, 0.1) is 6.10 Å². The fraction of sp³-hybridized carbons (Fsp3) is 0.625. The molecule has 1 N–H and O–H groups in total. The van der Waals surface area contributed by atoms with Crippen LogP contribution in [0.25, 0.3) is 0 Å². The van der Waals surface area contributed by atoms with Crippen molar-refractivity contribution in [1.82, 2.24) is 10.2 Å². The first-order valence-corrected chi connectivity index (χ1v) is 7.58. The summed E-state index contributed by atoms with van der Waals surface area (Å²) < 4.78 is 32.7. The van der Waals surface area contributed by atoms with Crippen molar-refractivity contribution >= 4 is 0 Å². The second-order valence-corrected chi connectivity index (χ2v) is 5.49. The summed E-state index contributed by atoms with van der Waals surface area (Å²) in [6.07, 6.45) is 2.09. The Morgan fingerprint density at radius 2 is 2.24 bits per heavy atom. The van der Waals surface area contributed by atoms with E-state index in [-0.39, 0.29) is 6.04 Å². The van der Waals surface area contributed by atoms with Crippen LogP contribution >= 0.6 is 0 Å². The van der Waals surface area contributed by atoms with Crippen LogP contribution in [-0.2, 0) is 4.74 Å². The Hall–Kier alpha value is -1.04. The Labute approximate surface area is 125 Å². The minimum Gasteiger partial charge on any atom is -0.380 e. The van der Waals surface area contributed by atoms with Gasteiger partial charge in [-0.1, -0.05) is 19.1 Å². The number of nitrogens with zero attached hydrogens (tertiary/aromatic N) is 1. The second-order valence-electron chi connectivity index (χ2n) is 5.49. The molecule has 0 radical (unpaired) electrons. The van der Waals surface area contributed by atoms with Gasteiger partial charge in [-0.25, -0.2) is 8.78 Å². The van der Waals surface area contributed by atoms with Crippen LogP contribution in [0.3, 0.4) is 0 Å². The van der Waals surface area contributed by atoms with Crippen LogP contribution in [0.4, 0.5) is 8.78 Å². The highest BCUT2D eigenvalue weighted by molar-refractivity contribution is 5.22. The standard InChI is InChI=1S/C16H24F2N2O/c1-3-19-15(13-5-4-6-14(17)16(13)18)8-10-20-9-7-12(11-20)21-2/h4-6,12,15,19H,3,7-11H2,1-2H3. The molecule has 1 saturated heterocycles. The summed E-state index contributed by atoms with van der Waals surface area (Å²) in [5.74, 6) is -1.52. The lowest BCUT2D eigenvalue weighted by Gasteiger charge is -2.23. The number of ether oxygens (including phenoxy) is 1.